The second kappa shape index (κ2) is 7.80. The lowest BCUT2D eigenvalue weighted by Gasteiger charge is -2.15. The van der Waals surface area contributed by atoms with Crippen molar-refractivity contribution in [3.63, 3.8) is 0 Å². The maximum absolute atomic E-state index is 13.6. The number of hydrogen-bond acceptors (Lipinski definition) is 2. The third kappa shape index (κ3) is 5.04. The van der Waals surface area contributed by atoms with Gasteiger partial charge in [0.2, 0.25) is 5.91 Å². The van der Waals surface area contributed by atoms with Crippen LogP contribution in [-0.4, -0.2) is 18.6 Å². The summed E-state index contributed by atoms with van der Waals surface area (Å²) in [7, 11) is 0. The first-order valence-electron chi connectivity index (χ1n) is 6.95. The summed E-state index contributed by atoms with van der Waals surface area (Å²) in [6, 6.07) is 13.4. The van der Waals surface area contributed by atoms with Gasteiger partial charge in [0.1, 0.15) is 18.2 Å². The van der Waals surface area contributed by atoms with Gasteiger partial charge in [0.15, 0.2) is 0 Å². The lowest BCUT2D eigenvalue weighted by atomic mass is 10.1. The van der Waals surface area contributed by atoms with Crippen molar-refractivity contribution in [1.29, 1.82) is 0 Å². The van der Waals surface area contributed by atoms with E-state index in [9.17, 15) is 9.18 Å². The fourth-order valence-electron chi connectivity index (χ4n) is 1.94. The van der Waals surface area contributed by atoms with Gasteiger partial charge in [0.25, 0.3) is 0 Å². The van der Waals surface area contributed by atoms with Crippen LogP contribution in [-0.2, 0) is 11.2 Å². The summed E-state index contributed by atoms with van der Waals surface area (Å²) in [6.45, 7) is 2.18. The molecule has 0 saturated heterocycles. The van der Waals surface area contributed by atoms with Crippen LogP contribution in [0.5, 0.6) is 5.75 Å². The van der Waals surface area contributed by atoms with Gasteiger partial charge >= 0.3 is 0 Å². The standard InChI is InChI=1S/C17H17ClFNO2/c1-12(11-22-15-5-3-2-4-6-15)20-17(21)9-13-7-8-14(18)10-16(13)19/h2-8,10,12H,9,11H2,1H3,(H,20,21)/t12-/m0/s1. The highest BCUT2D eigenvalue weighted by molar-refractivity contribution is 6.30. The number of benzene rings is 2. The SMILES string of the molecule is C[C@@H](COc1ccccc1)NC(=O)Cc1ccc(Cl)cc1F. The highest BCUT2D eigenvalue weighted by Gasteiger charge is 2.12. The summed E-state index contributed by atoms with van der Waals surface area (Å²) < 4.78 is 19.2. The Kier molecular flexibility index (Phi) is 5.78. The van der Waals surface area contributed by atoms with Crippen LogP contribution in [0.1, 0.15) is 12.5 Å². The molecule has 0 bridgehead atoms. The van der Waals surface area contributed by atoms with Crippen molar-refractivity contribution in [2.75, 3.05) is 6.61 Å². The van der Waals surface area contributed by atoms with Crippen molar-refractivity contribution in [3.05, 3.63) is 64.9 Å². The van der Waals surface area contributed by atoms with Gasteiger partial charge in [-0.3, -0.25) is 4.79 Å². The van der Waals surface area contributed by atoms with E-state index in [1.807, 2.05) is 37.3 Å². The first kappa shape index (κ1) is 16.3. The van der Waals surface area contributed by atoms with E-state index in [0.29, 0.717) is 17.2 Å². The highest BCUT2D eigenvalue weighted by Crippen LogP contribution is 2.15. The molecule has 2 rings (SSSR count). The van der Waals surface area contributed by atoms with Gasteiger partial charge in [0.05, 0.1) is 12.5 Å². The normalized spacial score (nSPS) is 11.8. The Morgan fingerprint density at radius 3 is 2.68 bits per heavy atom. The zero-order valence-corrected chi connectivity index (χ0v) is 12.9. The minimum atomic E-state index is -0.476. The molecule has 5 heteroatoms. The molecular formula is C17H17ClFNO2. The number of hydrogen-bond donors (Lipinski definition) is 1. The fraction of sp³-hybridized carbons (Fsp3) is 0.235. The Morgan fingerprint density at radius 1 is 1.27 bits per heavy atom. The van der Waals surface area contributed by atoms with Crippen LogP contribution < -0.4 is 10.1 Å². The summed E-state index contributed by atoms with van der Waals surface area (Å²) >= 11 is 5.68. The molecule has 22 heavy (non-hydrogen) atoms. The van der Waals surface area contributed by atoms with Crippen molar-refractivity contribution in [2.24, 2.45) is 0 Å². The maximum atomic E-state index is 13.6. The van der Waals surface area contributed by atoms with Crippen LogP contribution in [0.15, 0.2) is 48.5 Å². The second-order valence-corrected chi connectivity index (χ2v) is 5.44. The van der Waals surface area contributed by atoms with Crippen molar-refractivity contribution >= 4 is 17.5 Å². The molecule has 0 radical (unpaired) electrons. The van der Waals surface area contributed by atoms with E-state index in [0.717, 1.165) is 5.75 Å². The second-order valence-electron chi connectivity index (χ2n) is 5.01. The predicted molar refractivity (Wildman–Crippen MR) is 84.7 cm³/mol. The lowest BCUT2D eigenvalue weighted by Crippen LogP contribution is -2.37. The molecule has 0 spiro atoms. The summed E-state index contributed by atoms with van der Waals surface area (Å²) in [6.07, 6.45) is -0.0291. The zero-order valence-electron chi connectivity index (χ0n) is 12.2. The number of amides is 1. The smallest absolute Gasteiger partial charge is 0.224 e. The van der Waals surface area contributed by atoms with Gasteiger partial charge in [-0.1, -0.05) is 35.9 Å². The largest absolute Gasteiger partial charge is 0.491 e. The summed E-state index contributed by atoms with van der Waals surface area (Å²) in [5.74, 6) is 0.00793. The minimum absolute atomic E-state index is 0.0291. The average Bonchev–Trinajstić information content (AvgIpc) is 2.49. The molecule has 0 unspecified atom stereocenters. The van der Waals surface area contributed by atoms with Gasteiger partial charge in [-0.15, -0.1) is 0 Å². The number of nitrogens with one attached hydrogen (secondary N) is 1. The number of carbonyl (C=O) groups is 1. The number of para-hydroxylation sites is 1. The van der Waals surface area contributed by atoms with Gasteiger partial charge in [-0.05, 0) is 36.8 Å². The molecule has 0 aliphatic heterocycles. The summed E-state index contributed by atoms with van der Waals surface area (Å²) in [5, 5.41) is 3.09. The van der Waals surface area contributed by atoms with E-state index in [1.165, 1.54) is 12.1 Å². The Morgan fingerprint density at radius 2 is 2.00 bits per heavy atom. The Balaban J connectivity index is 1.81. The third-order valence-electron chi connectivity index (χ3n) is 3.02. The number of carbonyl (C=O) groups excluding carboxylic acids is 1. The molecule has 0 fully saturated rings. The van der Waals surface area contributed by atoms with Crippen LogP contribution in [0, 0.1) is 5.82 Å². The van der Waals surface area contributed by atoms with Crippen LogP contribution in [0.25, 0.3) is 0 Å². The molecule has 1 atom stereocenters. The van der Waals surface area contributed by atoms with Crippen LogP contribution in [0.2, 0.25) is 5.02 Å². The van der Waals surface area contributed by atoms with E-state index in [1.54, 1.807) is 6.07 Å². The van der Waals surface area contributed by atoms with Gasteiger partial charge in [-0.2, -0.15) is 0 Å². The summed E-state index contributed by atoms with van der Waals surface area (Å²) in [5.41, 5.74) is 0.318. The molecule has 2 aromatic rings. The van der Waals surface area contributed by atoms with Crippen LogP contribution in [0.4, 0.5) is 4.39 Å². The molecule has 0 aromatic heterocycles. The van der Waals surface area contributed by atoms with Crippen LogP contribution in [0.3, 0.4) is 0 Å². The van der Waals surface area contributed by atoms with E-state index < -0.39 is 5.82 Å². The predicted octanol–water partition coefficient (Wildman–Crippen LogP) is 3.61. The summed E-state index contributed by atoms with van der Waals surface area (Å²) in [4.78, 5) is 11.9. The molecule has 0 aliphatic carbocycles. The van der Waals surface area contributed by atoms with Crippen molar-refractivity contribution < 1.29 is 13.9 Å². The quantitative estimate of drug-likeness (QED) is 0.882. The van der Waals surface area contributed by atoms with Crippen LogP contribution >= 0.6 is 11.6 Å². The molecular weight excluding hydrogens is 305 g/mol. The molecule has 1 amide bonds. The minimum Gasteiger partial charge on any atom is -0.491 e. The number of ether oxygens (including phenoxy) is 1. The molecule has 0 heterocycles. The highest BCUT2D eigenvalue weighted by atomic mass is 35.5. The number of halogens is 2. The molecule has 0 aliphatic rings. The molecule has 1 N–H and O–H groups in total. The molecule has 0 saturated carbocycles. The lowest BCUT2D eigenvalue weighted by molar-refractivity contribution is -0.121. The first-order valence-corrected chi connectivity index (χ1v) is 7.33. The maximum Gasteiger partial charge on any atom is 0.224 e. The number of rotatable bonds is 6. The van der Waals surface area contributed by atoms with Gasteiger partial charge in [0, 0.05) is 5.02 Å². The molecule has 116 valence electrons. The Bertz CT molecular complexity index is 634. The molecule has 2 aromatic carbocycles. The van der Waals surface area contributed by atoms with Crippen molar-refractivity contribution in [2.45, 2.75) is 19.4 Å². The Hall–Kier alpha value is -2.07. The Labute approximate surface area is 134 Å². The first-order chi connectivity index (χ1) is 10.5. The third-order valence-corrected chi connectivity index (χ3v) is 3.25. The van der Waals surface area contributed by atoms with Gasteiger partial charge < -0.3 is 10.1 Å². The van der Waals surface area contributed by atoms with E-state index in [-0.39, 0.29) is 18.4 Å². The van der Waals surface area contributed by atoms with Crippen molar-refractivity contribution in [3.8, 4) is 5.75 Å². The van der Waals surface area contributed by atoms with E-state index >= 15 is 0 Å². The van der Waals surface area contributed by atoms with Gasteiger partial charge in [-0.25, -0.2) is 4.39 Å². The van der Waals surface area contributed by atoms with Crippen molar-refractivity contribution in [1.82, 2.24) is 5.32 Å². The topological polar surface area (TPSA) is 38.3 Å². The fourth-order valence-corrected chi connectivity index (χ4v) is 2.10. The van der Waals surface area contributed by atoms with E-state index in [2.05, 4.69) is 5.32 Å². The zero-order chi connectivity index (χ0) is 15.9. The monoisotopic (exact) mass is 321 g/mol. The molecule has 3 nitrogen and oxygen atoms in total. The average molecular weight is 322 g/mol. The van der Waals surface area contributed by atoms with E-state index in [4.69, 9.17) is 16.3 Å².